The molecular formula is C16H16N2O2. The number of carbonyl (C=O) groups excluding carboxylic acids is 2. The second-order valence-corrected chi connectivity index (χ2v) is 5.09. The summed E-state index contributed by atoms with van der Waals surface area (Å²) >= 11 is 0. The Morgan fingerprint density at radius 1 is 1.15 bits per heavy atom. The van der Waals surface area contributed by atoms with Crippen molar-refractivity contribution in [2.75, 3.05) is 11.9 Å². The molecule has 3 rings (SSSR count). The third-order valence-electron chi connectivity index (χ3n) is 3.65. The highest BCUT2D eigenvalue weighted by Gasteiger charge is 2.24. The summed E-state index contributed by atoms with van der Waals surface area (Å²) in [5, 5.41) is 7.90. The first kappa shape index (κ1) is 12.7. The zero-order chi connectivity index (χ0) is 13.9. The molecule has 2 aromatic rings. The van der Waals surface area contributed by atoms with Gasteiger partial charge in [-0.2, -0.15) is 0 Å². The predicted octanol–water partition coefficient (Wildman–Crippen LogP) is 2.30. The summed E-state index contributed by atoms with van der Waals surface area (Å²) < 4.78 is 0. The van der Waals surface area contributed by atoms with Crippen LogP contribution in [0.2, 0.25) is 0 Å². The molecule has 1 heterocycles. The number of piperidine rings is 1. The third kappa shape index (κ3) is 2.64. The van der Waals surface area contributed by atoms with Gasteiger partial charge < -0.3 is 10.6 Å². The lowest BCUT2D eigenvalue weighted by Crippen LogP contribution is -2.40. The molecule has 1 aliphatic rings. The molecule has 0 aliphatic carbocycles. The topological polar surface area (TPSA) is 58.2 Å². The minimum absolute atomic E-state index is 0.0275. The fourth-order valence-corrected chi connectivity index (χ4v) is 2.47. The van der Waals surface area contributed by atoms with E-state index in [1.807, 2.05) is 42.5 Å². The van der Waals surface area contributed by atoms with E-state index in [4.69, 9.17) is 0 Å². The number of nitrogens with one attached hydrogen (secondary N) is 2. The molecule has 2 amide bonds. The molecule has 0 saturated carbocycles. The molecule has 1 unspecified atom stereocenters. The lowest BCUT2D eigenvalue weighted by atomic mass is 9.98. The smallest absolute Gasteiger partial charge is 0.229 e. The average molecular weight is 268 g/mol. The molecule has 0 aromatic heterocycles. The number of carbonyl (C=O) groups is 2. The minimum Gasteiger partial charge on any atom is -0.355 e. The predicted molar refractivity (Wildman–Crippen MR) is 78.3 cm³/mol. The van der Waals surface area contributed by atoms with Gasteiger partial charge in [-0.25, -0.2) is 0 Å². The molecule has 2 aromatic carbocycles. The highest BCUT2D eigenvalue weighted by molar-refractivity contribution is 5.96. The number of amides is 2. The van der Waals surface area contributed by atoms with Gasteiger partial charge in [0, 0.05) is 18.7 Å². The Hall–Kier alpha value is -2.36. The van der Waals surface area contributed by atoms with Crippen LogP contribution in [0.5, 0.6) is 0 Å². The van der Waals surface area contributed by atoms with E-state index in [0.717, 1.165) is 16.5 Å². The molecule has 1 saturated heterocycles. The van der Waals surface area contributed by atoms with Crippen LogP contribution in [0.4, 0.5) is 5.69 Å². The van der Waals surface area contributed by atoms with E-state index < -0.39 is 0 Å². The van der Waals surface area contributed by atoms with Crippen molar-refractivity contribution in [2.45, 2.75) is 12.8 Å². The lowest BCUT2D eigenvalue weighted by molar-refractivity contribution is -0.126. The van der Waals surface area contributed by atoms with Gasteiger partial charge in [0.2, 0.25) is 11.8 Å². The van der Waals surface area contributed by atoms with Gasteiger partial charge in [-0.15, -0.1) is 0 Å². The van der Waals surface area contributed by atoms with Crippen molar-refractivity contribution in [1.82, 2.24) is 5.32 Å². The maximum atomic E-state index is 12.1. The van der Waals surface area contributed by atoms with E-state index in [0.29, 0.717) is 19.4 Å². The van der Waals surface area contributed by atoms with Crippen molar-refractivity contribution < 1.29 is 9.59 Å². The molecule has 4 nitrogen and oxygen atoms in total. The van der Waals surface area contributed by atoms with Gasteiger partial charge in [0.25, 0.3) is 0 Å². The second kappa shape index (κ2) is 5.33. The summed E-state index contributed by atoms with van der Waals surface area (Å²) in [6.45, 7) is 0.429. The van der Waals surface area contributed by atoms with Crippen molar-refractivity contribution in [3.8, 4) is 0 Å². The molecule has 1 aliphatic heterocycles. The van der Waals surface area contributed by atoms with Crippen molar-refractivity contribution in [3.63, 3.8) is 0 Å². The summed E-state index contributed by atoms with van der Waals surface area (Å²) in [4.78, 5) is 23.2. The first-order valence-electron chi connectivity index (χ1n) is 6.79. The van der Waals surface area contributed by atoms with E-state index >= 15 is 0 Å². The van der Waals surface area contributed by atoms with Gasteiger partial charge >= 0.3 is 0 Å². The normalized spacial score (nSPS) is 18.6. The first-order valence-corrected chi connectivity index (χ1v) is 6.79. The molecule has 20 heavy (non-hydrogen) atoms. The fraction of sp³-hybridized carbons (Fsp3) is 0.250. The van der Waals surface area contributed by atoms with Gasteiger partial charge in [0.15, 0.2) is 0 Å². The number of benzene rings is 2. The number of hydrogen-bond donors (Lipinski definition) is 2. The van der Waals surface area contributed by atoms with Crippen LogP contribution in [-0.4, -0.2) is 18.4 Å². The van der Waals surface area contributed by atoms with Crippen molar-refractivity contribution in [2.24, 2.45) is 5.92 Å². The molecule has 1 fully saturated rings. The number of anilines is 1. The molecule has 0 radical (unpaired) electrons. The fourth-order valence-electron chi connectivity index (χ4n) is 2.47. The molecule has 0 bridgehead atoms. The third-order valence-corrected chi connectivity index (χ3v) is 3.65. The van der Waals surface area contributed by atoms with E-state index in [2.05, 4.69) is 10.6 Å². The summed E-state index contributed by atoms with van der Waals surface area (Å²) in [6.07, 6.45) is 1.04. The maximum absolute atomic E-state index is 12.1. The number of rotatable bonds is 2. The van der Waals surface area contributed by atoms with E-state index in [9.17, 15) is 9.59 Å². The Morgan fingerprint density at radius 2 is 1.95 bits per heavy atom. The van der Waals surface area contributed by atoms with Crippen LogP contribution in [0.3, 0.4) is 0 Å². The zero-order valence-electron chi connectivity index (χ0n) is 11.1. The van der Waals surface area contributed by atoms with E-state index in [-0.39, 0.29) is 17.7 Å². The van der Waals surface area contributed by atoms with Gasteiger partial charge in [0.05, 0.1) is 5.92 Å². The Balaban J connectivity index is 1.72. The molecule has 4 heteroatoms. The Kier molecular flexibility index (Phi) is 3.37. The largest absolute Gasteiger partial charge is 0.355 e. The van der Waals surface area contributed by atoms with Crippen LogP contribution in [0, 0.1) is 5.92 Å². The van der Waals surface area contributed by atoms with Crippen LogP contribution < -0.4 is 10.6 Å². The number of fused-ring (bicyclic) bond motifs is 1. The van der Waals surface area contributed by atoms with Crippen LogP contribution in [0.15, 0.2) is 42.5 Å². The first-order chi connectivity index (χ1) is 9.72. The van der Waals surface area contributed by atoms with Gasteiger partial charge in [-0.3, -0.25) is 9.59 Å². The SMILES string of the molecule is O=C1CCC(C(=O)Nc2ccc3ccccc3c2)CN1. The highest BCUT2D eigenvalue weighted by atomic mass is 16.2. The summed E-state index contributed by atoms with van der Waals surface area (Å²) in [7, 11) is 0. The highest BCUT2D eigenvalue weighted by Crippen LogP contribution is 2.20. The van der Waals surface area contributed by atoms with Crippen LogP contribution in [0.25, 0.3) is 10.8 Å². The number of hydrogen-bond acceptors (Lipinski definition) is 2. The lowest BCUT2D eigenvalue weighted by Gasteiger charge is -2.21. The summed E-state index contributed by atoms with van der Waals surface area (Å²) in [5.41, 5.74) is 0.797. The molecule has 0 spiro atoms. The van der Waals surface area contributed by atoms with E-state index in [1.54, 1.807) is 0 Å². The summed E-state index contributed by atoms with van der Waals surface area (Å²) in [6, 6.07) is 13.9. The van der Waals surface area contributed by atoms with Crippen LogP contribution in [-0.2, 0) is 9.59 Å². The monoisotopic (exact) mass is 268 g/mol. The average Bonchev–Trinajstić information content (AvgIpc) is 2.48. The molecule has 1 atom stereocenters. The van der Waals surface area contributed by atoms with Crippen molar-refractivity contribution in [3.05, 3.63) is 42.5 Å². The van der Waals surface area contributed by atoms with Crippen LogP contribution >= 0.6 is 0 Å². The Bertz CT molecular complexity index is 656. The van der Waals surface area contributed by atoms with E-state index in [1.165, 1.54) is 0 Å². The second-order valence-electron chi connectivity index (χ2n) is 5.09. The molecular weight excluding hydrogens is 252 g/mol. The zero-order valence-corrected chi connectivity index (χ0v) is 11.1. The Morgan fingerprint density at radius 3 is 2.70 bits per heavy atom. The van der Waals surface area contributed by atoms with Crippen molar-refractivity contribution in [1.29, 1.82) is 0 Å². The standard InChI is InChI=1S/C16H16N2O2/c19-15-8-6-13(10-17-15)16(20)18-14-7-5-11-3-1-2-4-12(11)9-14/h1-5,7,9,13H,6,8,10H2,(H,17,19)(H,18,20). The molecule has 2 N–H and O–H groups in total. The van der Waals surface area contributed by atoms with Crippen molar-refractivity contribution >= 4 is 28.3 Å². The minimum atomic E-state index is -0.140. The molecule has 102 valence electrons. The van der Waals surface area contributed by atoms with Gasteiger partial charge in [0.1, 0.15) is 0 Å². The van der Waals surface area contributed by atoms with Crippen LogP contribution in [0.1, 0.15) is 12.8 Å². The van der Waals surface area contributed by atoms with Gasteiger partial charge in [-0.05, 0) is 29.3 Å². The Labute approximate surface area is 117 Å². The maximum Gasteiger partial charge on any atom is 0.229 e. The quantitative estimate of drug-likeness (QED) is 0.878. The summed E-state index contributed by atoms with van der Waals surface area (Å²) in [5.74, 6) is -0.140. The van der Waals surface area contributed by atoms with Gasteiger partial charge in [-0.1, -0.05) is 30.3 Å².